The molecule has 0 amide bonds. The lowest BCUT2D eigenvalue weighted by Crippen LogP contribution is -2.16. The number of rotatable bonds is 5. The van der Waals surface area contributed by atoms with Gasteiger partial charge >= 0.3 is 6.18 Å². The Morgan fingerprint density at radius 1 is 0.862 bits per heavy atom. The molecule has 0 unspecified atom stereocenters. The van der Waals surface area contributed by atoms with Gasteiger partial charge in [-0.05, 0) is 54.6 Å². The number of sulfonamides is 1. The lowest BCUT2D eigenvalue weighted by molar-refractivity contribution is -0.137. The Labute approximate surface area is 165 Å². The predicted molar refractivity (Wildman–Crippen MR) is 101 cm³/mol. The van der Waals surface area contributed by atoms with E-state index in [4.69, 9.17) is 0 Å². The number of nitrogens with zero attached hydrogens (tertiary/aromatic N) is 1. The van der Waals surface area contributed by atoms with Gasteiger partial charge in [0.15, 0.2) is 9.84 Å². The van der Waals surface area contributed by atoms with Crippen LogP contribution in [0.5, 0.6) is 0 Å². The molecule has 0 atom stereocenters. The average molecular weight is 444 g/mol. The Morgan fingerprint density at radius 3 is 1.93 bits per heavy atom. The Balaban J connectivity index is 2.05. The fourth-order valence-electron chi connectivity index (χ4n) is 2.58. The zero-order valence-corrected chi connectivity index (χ0v) is 16.5. The van der Waals surface area contributed by atoms with Crippen LogP contribution in [0.3, 0.4) is 0 Å². The van der Waals surface area contributed by atoms with Crippen molar-refractivity contribution >= 4 is 25.5 Å². The van der Waals surface area contributed by atoms with E-state index in [2.05, 4.69) is 4.72 Å². The zero-order chi connectivity index (χ0) is 21.4. The van der Waals surface area contributed by atoms with Gasteiger partial charge in [-0.15, -0.1) is 0 Å². The second-order valence-corrected chi connectivity index (χ2v) is 9.87. The largest absolute Gasteiger partial charge is 0.416 e. The van der Waals surface area contributed by atoms with Gasteiger partial charge in [-0.2, -0.15) is 13.2 Å². The lowest BCUT2D eigenvalue weighted by Gasteiger charge is -2.16. The Hall–Kier alpha value is -2.79. The molecule has 0 saturated carbocycles. The molecule has 0 saturated heterocycles. The van der Waals surface area contributed by atoms with Crippen LogP contribution in [0.1, 0.15) is 5.56 Å². The van der Waals surface area contributed by atoms with Crippen molar-refractivity contribution in [1.29, 1.82) is 0 Å². The van der Waals surface area contributed by atoms with Gasteiger partial charge < -0.3 is 4.57 Å². The van der Waals surface area contributed by atoms with E-state index < -0.39 is 31.6 Å². The summed E-state index contributed by atoms with van der Waals surface area (Å²) in [6.45, 7) is 0. The highest BCUT2D eigenvalue weighted by Crippen LogP contribution is 2.34. The molecule has 0 aliphatic heterocycles. The van der Waals surface area contributed by atoms with E-state index in [1.807, 2.05) is 0 Å². The molecule has 0 fully saturated rings. The number of aromatic nitrogens is 1. The molecule has 11 heteroatoms. The van der Waals surface area contributed by atoms with E-state index in [0.29, 0.717) is 6.07 Å². The summed E-state index contributed by atoms with van der Waals surface area (Å²) in [6, 6.07) is 10.4. The van der Waals surface area contributed by atoms with Crippen LogP contribution in [0.15, 0.2) is 76.8 Å². The van der Waals surface area contributed by atoms with Crippen molar-refractivity contribution in [1.82, 2.24) is 4.57 Å². The van der Waals surface area contributed by atoms with Crippen LogP contribution in [0.4, 0.5) is 18.9 Å². The molecule has 154 valence electrons. The molecule has 0 spiro atoms. The molecule has 29 heavy (non-hydrogen) atoms. The van der Waals surface area contributed by atoms with Gasteiger partial charge in [0.2, 0.25) is 0 Å². The smallest absolute Gasteiger partial charge is 0.322 e. The predicted octanol–water partition coefficient (Wildman–Crippen LogP) is 3.70. The van der Waals surface area contributed by atoms with Crippen molar-refractivity contribution in [2.24, 2.45) is 0 Å². The number of hydrogen-bond donors (Lipinski definition) is 1. The molecular weight excluding hydrogens is 429 g/mol. The highest BCUT2D eigenvalue weighted by molar-refractivity contribution is 7.92. The third-order valence-corrected chi connectivity index (χ3v) is 6.52. The van der Waals surface area contributed by atoms with Crippen molar-refractivity contribution in [3.63, 3.8) is 0 Å². The summed E-state index contributed by atoms with van der Waals surface area (Å²) in [6.07, 6.45) is -0.574. The van der Waals surface area contributed by atoms with E-state index >= 15 is 0 Å². The maximum absolute atomic E-state index is 13.1. The SMILES string of the molecule is CS(=O)(=O)c1ccc(S(=O)(=O)Nc2cc(C(F)(F)F)ccc2-n2cccc2)cc1. The average Bonchev–Trinajstić information content (AvgIpc) is 3.14. The fourth-order valence-corrected chi connectivity index (χ4v) is 4.28. The van der Waals surface area contributed by atoms with Crippen LogP contribution in [-0.4, -0.2) is 27.7 Å². The Kier molecular flexibility index (Phi) is 5.22. The van der Waals surface area contributed by atoms with Gasteiger partial charge in [0.1, 0.15) is 0 Å². The molecule has 3 aromatic rings. The van der Waals surface area contributed by atoms with E-state index in [-0.39, 0.29) is 21.2 Å². The minimum atomic E-state index is -4.66. The van der Waals surface area contributed by atoms with Crippen LogP contribution in [0.25, 0.3) is 5.69 Å². The molecule has 0 radical (unpaired) electrons. The van der Waals surface area contributed by atoms with Gasteiger partial charge in [-0.3, -0.25) is 4.72 Å². The Morgan fingerprint density at radius 2 is 1.41 bits per heavy atom. The van der Waals surface area contributed by atoms with Crippen molar-refractivity contribution in [3.8, 4) is 5.69 Å². The van der Waals surface area contributed by atoms with E-state index in [0.717, 1.165) is 42.7 Å². The number of anilines is 1. The van der Waals surface area contributed by atoms with Crippen LogP contribution in [0, 0.1) is 0 Å². The first kappa shape index (κ1) is 20.9. The third kappa shape index (κ3) is 4.62. The van der Waals surface area contributed by atoms with Gasteiger partial charge in [-0.25, -0.2) is 16.8 Å². The summed E-state index contributed by atoms with van der Waals surface area (Å²) in [5.41, 5.74) is -1.10. The summed E-state index contributed by atoms with van der Waals surface area (Å²) < 4.78 is 91.4. The molecule has 2 aromatic carbocycles. The molecule has 3 rings (SSSR count). The normalized spacial score (nSPS) is 12.7. The van der Waals surface area contributed by atoms with Gasteiger partial charge in [-0.1, -0.05) is 0 Å². The highest BCUT2D eigenvalue weighted by Gasteiger charge is 2.31. The van der Waals surface area contributed by atoms with Crippen molar-refractivity contribution in [2.45, 2.75) is 16.0 Å². The molecular formula is C18H15F3N2O4S2. The number of nitrogens with one attached hydrogen (secondary N) is 1. The number of hydrogen-bond acceptors (Lipinski definition) is 4. The van der Waals surface area contributed by atoms with Gasteiger partial charge in [0.05, 0.1) is 26.7 Å². The maximum atomic E-state index is 13.1. The van der Waals surface area contributed by atoms with Crippen LogP contribution in [0.2, 0.25) is 0 Å². The quantitative estimate of drug-likeness (QED) is 0.650. The number of alkyl halides is 3. The van der Waals surface area contributed by atoms with Crippen molar-refractivity contribution in [3.05, 3.63) is 72.6 Å². The summed E-state index contributed by atoms with van der Waals surface area (Å²) in [5.74, 6) is 0. The molecule has 1 heterocycles. The first-order valence-electron chi connectivity index (χ1n) is 8.05. The van der Waals surface area contributed by atoms with Crippen molar-refractivity contribution in [2.75, 3.05) is 11.0 Å². The number of sulfone groups is 1. The molecule has 6 nitrogen and oxygen atoms in total. The first-order valence-corrected chi connectivity index (χ1v) is 11.4. The van der Waals surface area contributed by atoms with E-state index in [1.165, 1.54) is 4.57 Å². The summed E-state index contributed by atoms with van der Waals surface area (Å²) >= 11 is 0. The van der Waals surface area contributed by atoms with Crippen LogP contribution >= 0.6 is 0 Å². The number of halogens is 3. The molecule has 1 aromatic heterocycles. The van der Waals surface area contributed by atoms with Gasteiger partial charge in [0, 0.05) is 18.6 Å². The van der Waals surface area contributed by atoms with Gasteiger partial charge in [0.25, 0.3) is 10.0 Å². The topological polar surface area (TPSA) is 85.2 Å². The second kappa shape index (κ2) is 7.23. The van der Waals surface area contributed by atoms with Crippen LogP contribution in [-0.2, 0) is 26.0 Å². The summed E-state index contributed by atoms with van der Waals surface area (Å²) in [5, 5.41) is 0. The minimum absolute atomic E-state index is 0.0800. The van der Waals surface area contributed by atoms with Crippen LogP contribution < -0.4 is 4.72 Å². The van der Waals surface area contributed by atoms with Crippen molar-refractivity contribution < 1.29 is 30.0 Å². The van der Waals surface area contributed by atoms with E-state index in [1.54, 1.807) is 24.5 Å². The molecule has 0 aliphatic rings. The molecule has 1 N–H and O–H groups in total. The maximum Gasteiger partial charge on any atom is 0.416 e. The fraction of sp³-hybridized carbons (Fsp3) is 0.111. The lowest BCUT2D eigenvalue weighted by atomic mass is 10.1. The summed E-state index contributed by atoms with van der Waals surface area (Å²) in [7, 11) is -7.80. The highest BCUT2D eigenvalue weighted by atomic mass is 32.2. The minimum Gasteiger partial charge on any atom is -0.322 e. The van der Waals surface area contributed by atoms with E-state index in [9.17, 15) is 30.0 Å². The second-order valence-electron chi connectivity index (χ2n) is 6.17. The Bertz CT molecular complexity index is 1230. The number of benzene rings is 2. The first-order chi connectivity index (χ1) is 13.4. The standard InChI is InChI=1S/C18H15F3N2O4S2/c1-28(24,25)14-5-7-15(8-6-14)29(26,27)22-16-12-13(18(19,20)21)4-9-17(16)23-10-2-3-11-23/h2-12,22H,1H3. The third-order valence-electron chi connectivity index (χ3n) is 4.01. The summed E-state index contributed by atoms with van der Waals surface area (Å²) in [4.78, 5) is -0.371. The zero-order valence-electron chi connectivity index (χ0n) is 14.9. The molecule has 0 aliphatic carbocycles. The monoisotopic (exact) mass is 444 g/mol. The molecule has 0 bridgehead atoms.